The molecule has 1 aliphatic heterocycles. The normalized spacial score (nSPS) is 15.7. The molecule has 1 fully saturated rings. The molecule has 1 aliphatic rings. The van der Waals surface area contributed by atoms with Crippen molar-refractivity contribution in [3.05, 3.63) is 30.9 Å². The van der Waals surface area contributed by atoms with Gasteiger partial charge in [0.1, 0.15) is 11.5 Å². The fourth-order valence-corrected chi connectivity index (χ4v) is 3.08. The molecular weight excluding hydrogens is 318 g/mol. The van der Waals surface area contributed by atoms with Gasteiger partial charge >= 0.3 is 0 Å². The zero-order valence-electron chi connectivity index (χ0n) is 14.5. The highest BCUT2D eigenvalue weighted by molar-refractivity contribution is 5.58. The van der Waals surface area contributed by atoms with Crippen LogP contribution < -0.4 is 9.64 Å². The number of imidazole rings is 1. The van der Waals surface area contributed by atoms with Gasteiger partial charge in [0.15, 0.2) is 11.5 Å². The van der Waals surface area contributed by atoms with Crippen molar-refractivity contribution in [2.45, 2.75) is 6.92 Å². The van der Waals surface area contributed by atoms with E-state index in [9.17, 15) is 0 Å². The second-order valence-corrected chi connectivity index (χ2v) is 5.96. The van der Waals surface area contributed by atoms with Crippen LogP contribution in [0.5, 0.6) is 5.88 Å². The lowest BCUT2D eigenvalue weighted by atomic mass is 10.3. The van der Waals surface area contributed by atoms with Crippen LogP contribution in [0.3, 0.4) is 0 Å². The number of hydrogen-bond donors (Lipinski definition) is 0. The van der Waals surface area contributed by atoms with E-state index in [0.717, 1.165) is 49.9 Å². The van der Waals surface area contributed by atoms with E-state index >= 15 is 0 Å². The third-order valence-electron chi connectivity index (χ3n) is 4.59. The van der Waals surface area contributed by atoms with Crippen LogP contribution in [-0.2, 0) is 0 Å². The molecule has 8 nitrogen and oxygen atoms in total. The van der Waals surface area contributed by atoms with E-state index in [1.54, 1.807) is 25.7 Å². The summed E-state index contributed by atoms with van der Waals surface area (Å²) in [5.74, 6) is 2.13. The summed E-state index contributed by atoms with van der Waals surface area (Å²) in [4.78, 5) is 22.5. The average molecular weight is 339 g/mol. The molecule has 0 bridgehead atoms. The minimum Gasteiger partial charge on any atom is -0.480 e. The number of likely N-dealkylation sites (N-methyl/N-ethyl adjacent to an activating group) is 1. The second kappa shape index (κ2) is 6.64. The van der Waals surface area contributed by atoms with E-state index in [4.69, 9.17) is 9.72 Å². The standard InChI is InChI=1S/C17H21N7O/c1-3-22-6-8-23(9-7-22)14-4-5-18-17(21-14)13-10-19-15-11-20-16(25-2)12-24(13)15/h4-5,10-12H,3,6-9H2,1-2H3. The molecular formula is C17H21N7O. The van der Waals surface area contributed by atoms with Gasteiger partial charge in [0.25, 0.3) is 0 Å². The molecule has 0 amide bonds. The van der Waals surface area contributed by atoms with E-state index in [-0.39, 0.29) is 0 Å². The summed E-state index contributed by atoms with van der Waals surface area (Å²) in [7, 11) is 1.60. The van der Waals surface area contributed by atoms with E-state index in [1.165, 1.54) is 0 Å². The Bertz CT molecular complexity index is 870. The van der Waals surface area contributed by atoms with Gasteiger partial charge in [-0.05, 0) is 12.6 Å². The highest BCUT2D eigenvalue weighted by atomic mass is 16.5. The molecule has 8 heteroatoms. The maximum atomic E-state index is 5.21. The van der Waals surface area contributed by atoms with Gasteiger partial charge in [0.2, 0.25) is 5.88 Å². The van der Waals surface area contributed by atoms with Crippen molar-refractivity contribution in [2.24, 2.45) is 0 Å². The molecule has 3 aromatic heterocycles. The molecule has 0 spiro atoms. The number of piperazine rings is 1. The Morgan fingerprint density at radius 1 is 1.08 bits per heavy atom. The van der Waals surface area contributed by atoms with Crippen molar-refractivity contribution in [2.75, 3.05) is 44.7 Å². The first kappa shape index (κ1) is 15.8. The van der Waals surface area contributed by atoms with Gasteiger partial charge in [-0.2, -0.15) is 0 Å². The van der Waals surface area contributed by atoms with E-state index in [2.05, 4.69) is 31.7 Å². The van der Waals surface area contributed by atoms with Crippen LogP contribution >= 0.6 is 0 Å². The molecule has 0 saturated carbocycles. The van der Waals surface area contributed by atoms with Crippen molar-refractivity contribution >= 4 is 11.5 Å². The van der Waals surface area contributed by atoms with Gasteiger partial charge in [-0.1, -0.05) is 6.92 Å². The highest BCUT2D eigenvalue weighted by Crippen LogP contribution is 2.21. The summed E-state index contributed by atoms with van der Waals surface area (Å²) in [6, 6.07) is 1.97. The fraction of sp³-hybridized carbons (Fsp3) is 0.412. The highest BCUT2D eigenvalue weighted by Gasteiger charge is 2.18. The lowest BCUT2D eigenvalue weighted by Crippen LogP contribution is -2.46. The first-order chi connectivity index (χ1) is 12.3. The van der Waals surface area contributed by atoms with E-state index in [0.29, 0.717) is 11.7 Å². The van der Waals surface area contributed by atoms with Crippen molar-refractivity contribution in [1.29, 1.82) is 0 Å². The molecule has 130 valence electrons. The molecule has 4 heterocycles. The zero-order valence-corrected chi connectivity index (χ0v) is 14.5. The zero-order chi connectivity index (χ0) is 17.2. The Kier molecular flexibility index (Phi) is 4.19. The van der Waals surface area contributed by atoms with Crippen LogP contribution in [-0.4, -0.2) is 69.1 Å². The summed E-state index contributed by atoms with van der Waals surface area (Å²) in [5.41, 5.74) is 1.56. The molecule has 0 aliphatic carbocycles. The van der Waals surface area contributed by atoms with Crippen molar-refractivity contribution in [1.82, 2.24) is 29.2 Å². The maximum absolute atomic E-state index is 5.21. The molecule has 0 N–H and O–H groups in total. The lowest BCUT2D eigenvalue weighted by molar-refractivity contribution is 0.270. The third kappa shape index (κ3) is 3.00. The molecule has 1 saturated heterocycles. The minimum absolute atomic E-state index is 0.526. The first-order valence-corrected chi connectivity index (χ1v) is 8.46. The summed E-state index contributed by atoms with van der Waals surface area (Å²) in [6.07, 6.45) is 7.05. The SMILES string of the molecule is CCN1CCN(c2ccnc(-c3cnc4cnc(OC)cn34)n2)CC1. The van der Waals surface area contributed by atoms with Crippen LogP contribution in [0.25, 0.3) is 17.2 Å². The number of rotatable bonds is 4. The van der Waals surface area contributed by atoms with Crippen molar-refractivity contribution < 1.29 is 4.74 Å². The number of hydrogen-bond acceptors (Lipinski definition) is 7. The fourth-order valence-electron chi connectivity index (χ4n) is 3.08. The third-order valence-corrected chi connectivity index (χ3v) is 4.59. The monoisotopic (exact) mass is 339 g/mol. The quantitative estimate of drug-likeness (QED) is 0.710. The van der Waals surface area contributed by atoms with Gasteiger partial charge in [-0.15, -0.1) is 0 Å². The Balaban J connectivity index is 1.66. The summed E-state index contributed by atoms with van der Waals surface area (Å²) >= 11 is 0. The Hall–Kier alpha value is -2.74. The topological polar surface area (TPSA) is 71.7 Å². The predicted octanol–water partition coefficient (Wildman–Crippen LogP) is 1.34. The van der Waals surface area contributed by atoms with Gasteiger partial charge in [0.05, 0.1) is 25.7 Å². The van der Waals surface area contributed by atoms with Crippen LogP contribution in [0.4, 0.5) is 5.82 Å². The van der Waals surface area contributed by atoms with Crippen molar-refractivity contribution in [3.8, 4) is 17.4 Å². The Labute approximate surface area is 146 Å². The average Bonchev–Trinajstić information content (AvgIpc) is 3.11. The van der Waals surface area contributed by atoms with Gasteiger partial charge in [-0.25, -0.2) is 19.9 Å². The maximum Gasteiger partial charge on any atom is 0.230 e. The Morgan fingerprint density at radius 2 is 1.92 bits per heavy atom. The number of anilines is 1. The molecule has 0 atom stereocenters. The number of ether oxygens (including phenoxy) is 1. The molecule has 4 rings (SSSR count). The van der Waals surface area contributed by atoms with Crippen LogP contribution in [0, 0.1) is 0 Å². The second-order valence-electron chi connectivity index (χ2n) is 5.96. The van der Waals surface area contributed by atoms with E-state index < -0.39 is 0 Å². The van der Waals surface area contributed by atoms with Crippen LogP contribution in [0.2, 0.25) is 0 Å². The molecule has 0 radical (unpaired) electrons. The van der Waals surface area contributed by atoms with Crippen LogP contribution in [0.1, 0.15) is 6.92 Å². The number of nitrogens with zero attached hydrogens (tertiary/aromatic N) is 7. The molecule has 25 heavy (non-hydrogen) atoms. The number of fused-ring (bicyclic) bond motifs is 1. The summed E-state index contributed by atoms with van der Waals surface area (Å²) < 4.78 is 7.11. The minimum atomic E-state index is 0.526. The van der Waals surface area contributed by atoms with E-state index in [1.807, 2.05) is 16.7 Å². The summed E-state index contributed by atoms with van der Waals surface area (Å²) in [5, 5.41) is 0. The van der Waals surface area contributed by atoms with Gasteiger partial charge in [0, 0.05) is 32.4 Å². The number of aromatic nitrogens is 5. The van der Waals surface area contributed by atoms with Gasteiger partial charge in [-0.3, -0.25) is 4.40 Å². The lowest BCUT2D eigenvalue weighted by Gasteiger charge is -2.34. The van der Waals surface area contributed by atoms with Crippen molar-refractivity contribution in [3.63, 3.8) is 0 Å². The first-order valence-electron chi connectivity index (χ1n) is 8.46. The number of methoxy groups -OCH3 is 1. The predicted molar refractivity (Wildman–Crippen MR) is 94.9 cm³/mol. The molecule has 0 unspecified atom stereocenters. The Morgan fingerprint density at radius 3 is 2.68 bits per heavy atom. The van der Waals surface area contributed by atoms with Gasteiger partial charge < -0.3 is 14.5 Å². The summed E-state index contributed by atoms with van der Waals surface area (Å²) in [6.45, 7) is 7.39. The molecule has 3 aromatic rings. The smallest absolute Gasteiger partial charge is 0.230 e. The largest absolute Gasteiger partial charge is 0.480 e. The van der Waals surface area contributed by atoms with Crippen LogP contribution in [0.15, 0.2) is 30.9 Å². The molecule has 0 aromatic carbocycles.